The number of anilines is 1. The van der Waals surface area contributed by atoms with Crippen LogP contribution in [-0.2, 0) is 16.0 Å². The minimum absolute atomic E-state index is 0.238. The average molecular weight is 390 g/mol. The maximum atomic E-state index is 12.7. The molecule has 0 saturated carbocycles. The van der Waals surface area contributed by atoms with Gasteiger partial charge in [0, 0.05) is 24.4 Å². The number of rotatable bonds is 7. The van der Waals surface area contributed by atoms with Crippen molar-refractivity contribution in [2.45, 2.75) is 32.5 Å². The van der Waals surface area contributed by atoms with Gasteiger partial charge in [0.1, 0.15) is 6.04 Å². The highest BCUT2D eigenvalue weighted by molar-refractivity contribution is 5.96. The van der Waals surface area contributed by atoms with Gasteiger partial charge < -0.3 is 10.6 Å². The minimum Gasteiger partial charge on any atom is -0.379 e. The van der Waals surface area contributed by atoms with Gasteiger partial charge in [0.25, 0.3) is 5.78 Å². The quantitative estimate of drug-likeness (QED) is 0.701. The van der Waals surface area contributed by atoms with Gasteiger partial charge in [-0.25, -0.2) is 0 Å². The van der Waals surface area contributed by atoms with Gasteiger partial charge in [-0.3, -0.25) is 9.59 Å². The number of ketones is 1. The first kappa shape index (κ1) is 21.2. The molecule has 28 heavy (non-hydrogen) atoms. The Hall–Kier alpha value is -3.09. The lowest BCUT2D eigenvalue weighted by Gasteiger charge is -2.18. The molecular formula is C21H21F3N2O2. The van der Waals surface area contributed by atoms with Gasteiger partial charge >= 0.3 is 6.18 Å². The molecule has 2 aromatic carbocycles. The predicted molar refractivity (Wildman–Crippen MR) is 102 cm³/mol. The highest BCUT2D eigenvalue weighted by Gasteiger charge is 2.36. The second-order valence-electron chi connectivity index (χ2n) is 6.47. The zero-order valence-corrected chi connectivity index (χ0v) is 15.5. The Kier molecular flexibility index (Phi) is 6.98. The summed E-state index contributed by atoms with van der Waals surface area (Å²) in [6.07, 6.45) is -3.47. The number of carbonyl (C=O) groups excluding carboxylic acids is 2. The second-order valence-corrected chi connectivity index (χ2v) is 6.47. The van der Waals surface area contributed by atoms with E-state index in [9.17, 15) is 22.8 Å². The molecule has 148 valence electrons. The van der Waals surface area contributed by atoms with Gasteiger partial charge in [0.05, 0.1) is 0 Å². The molecule has 2 N–H and O–H groups in total. The van der Waals surface area contributed by atoms with E-state index in [1.54, 1.807) is 24.3 Å². The van der Waals surface area contributed by atoms with E-state index in [0.29, 0.717) is 11.8 Å². The van der Waals surface area contributed by atoms with Gasteiger partial charge in [0.15, 0.2) is 0 Å². The van der Waals surface area contributed by atoms with Crippen LogP contribution in [0, 0.1) is 13.8 Å². The fourth-order valence-corrected chi connectivity index (χ4v) is 2.69. The first-order chi connectivity index (χ1) is 13.1. The van der Waals surface area contributed by atoms with E-state index < -0.39 is 23.9 Å². The number of aryl methyl sites for hydroxylation is 2. The van der Waals surface area contributed by atoms with Crippen molar-refractivity contribution in [2.24, 2.45) is 0 Å². The van der Waals surface area contributed by atoms with Crippen LogP contribution in [0.15, 0.2) is 60.8 Å². The first-order valence-electron chi connectivity index (χ1n) is 8.62. The molecule has 1 atom stereocenters. The van der Waals surface area contributed by atoms with Crippen LogP contribution in [0.25, 0.3) is 0 Å². The van der Waals surface area contributed by atoms with Gasteiger partial charge in [-0.05, 0) is 42.7 Å². The Bertz CT molecular complexity index is 841. The van der Waals surface area contributed by atoms with E-state index in [4.69, 9.17) is 0 Å². The van der Waals surface area contributed by atoms with E-state index in [0.717, 1.165) is 22.9 Å². The summed E-state index contributed by atoms with van der Waals surface area (Å²) in [5, 5.41) is 5.38. The Morgan fingerprint density at radius 1 is 1.04 bits per heavy atom. The van der Waals surface area contributed by atoms with E-state index in [1.807, 2.05) is 38.1 Å². The summed E-state index contributed by atoms with van der Waals surface area (Å²) >= 11 is 0. The maximum Gasteiger partial charge on any atom is 0.454 e. The summed E-state index contributed by atoms with van der Waals surface area (Å²) in [6.45, 7) is 3.79. The molecule has 0 saturated heterocycles. The van der Waals surface area contributed by atoms with E-state index >= 15 is 0 Å². The third-order valence-electron chi connectivity index (χ3n) is 3.90. The zero-order chi connectivity index (χ0) is 20.7. The van der Waals surface area contributed by atoms with Crippen LogP contribution in [0.5, 0.6) is 0 Å². The molecule has 0 aromatic heterocycles. The Morgan fingerprint density at radius 2 is 1.64 bits per heavy atom. The summed E-state index contributed by atoms with van der Waals surface area (Å²) in [6, 6.07) is 13.7. The summed E-state index contributed by atoms with van der Waals surface area (Å²) < 4.78 is 37.0. The fourth-order valence-electron chi connectivity index (χ4n) is 2.69. The summed E-state index contributed by atoms with van der Waals surface area (Å²) in [7, 11) is 0. The van der Waals surface area contributed by atoms with Crippen molar-refractivity contribution in [3.63, 3.8) is 0 Å². The van der Waals surface area contributed by atoms with Gasteiger partial charge in [-0.1, -0.05) is 36.4 Å². The first-order valence-corrected chi connectivity index (χ1v) is 8.62. The standard InChI is InChI=1S/C21H21F3N2O2/c1-14-10-15(2)12-17(11-14)26-20(28)18(13-16-6-4-3-5-7-16)25-9-8-19(27)21(22,23)24/h3-12,18,25H,13H2,1-2H3,(H,26,28). The minimum atomic E-state index is -4.95. The number of nitrogens with one attached hydrogen (secondary N) is 2. The molecule has 4 nitrogen and oxygen atoms in total. The van der Waals surface area contributed by atoms with Crippen molar-refractivity contribution in [3.05, 3.63) is 77.5 Å². The SMILES string of the molecule is Cc1cc(C)cc(NC(=O)C(Cc2ccccc2)NC=CC(=O)C(F)(F)F)c1. The lowest BCUT2D eigenvalue weighted by atomic mass is 10.0. The summed E-state index contributed by atoms with van der Waals surface area (Å²) in [5.41, 5.74) is 3.36. The second kappa shape index (κ2) is 9.21. The number of carbonyl (C=O) groups is 2. The topological polar surface area (TPSA) is 58.2 Å². The maximum absolute atomic E-state index is 12.7. The number of allylic oxidation sites excluding steroid dienone is 1. The smallest absolute Gasteiger partial charge is 0.379 e. The number of alkyl halides is 3. The molecule has 0 aliphatic carbocycles. The molecular weight excluding hydrogens is 369 g/mol. The lowest BCUT2D eigenvalue weighted by molar-refractivity contribution is -0.165. The molecule has 0 heterocycles. The van der Waals surface area contributed by atoms with Crippen LogP contribution in [0.2, 0.25) is 0 Å². The number of hydrogen-bond donors (Lipinski definition) is 2. The fraction of sp³-hybridized carbons (Fsp3) is 0.238. The summed E-state index contributed by atoms with van der Waals surface area (Å²) in [5.74, 6) is -2.41. The third-order valence-corrected chi connectivity index (χ3v) is 3.90. The molecule has 0 spiro atoms. The molecule has 0 bridgehead atoms. The molecule has 2 aromatic rings. The third kappa shape index (κ3) is 6.57. The molecule has 1 amide bonds. The van der Waals surface area contributed by atoms with Crippen LogP contribution in [0.3, 0.4) is 0 Å². The Morgan fingerprint density at radius 3 is 2.21 bits per heavy atom. The molecule has 2 rings (SSSR count). The zero-order valence-electron chi connectivity index (χ0n) is 15.5. The normalized spacial score (nSPS) is 12.6. The molecule has 0 aliphatic rings. The van der Waals surface area contributed by atoms with Gasteiger partial charge in [0.2, 0.25) is 5.91 Å². The van der Waals surface area contributed by atoms with Crippen molar-refractivity contribution in [1.29, 1.82) is 0 Å². The van der Waals surface area contributed by atoms with Crippen LogP contribution in [-0.4, -0.2) is 23.9 Å². The molecule has 0 fully saturated rings. The van der Waals surface area contributed by atoms with Gasteiger partial charge in [-0.15, -0.1) is 0 Å². The number of hydrogen-bond acceptors (Lipinski definition) is 3. The predicted octanol–water partition coefficient (Wildman–Crippen LogP) is 4.09. The van der Waals surface area contributed by atoms with Crippen molar-refractivity contribution in [1.82, 2.24) is 5.32 Å². The van der Waals surface area contributed by atoms with Crippen molar-refractivity contribution < 1.29 is 22.8 Å². The van der Waals surface area contributed by atoms with Gasteiger partial charge in [-0.2, -0.15) is 13.2 Å². The molecule has 0 radical (unpaired) electrons. The lowest BCUT2D eigenvalue weighted by Crippen LogP contribution is -2.40. The van der Waals surface area contributed by atoms with Crippen molar-refractivity contribution in [2.75, 3.05) is 5.32 Å². The molecule has 1 unspecified atom stereocenters. The number of amides is 1. The highest BCUT2D eigenvalue weighted by Crippen LogP contribution is 2.17. The molecule has 0 aliphatic heterocycles. The Labute approximate surface area is 161 Å². The van der Waals surface area contributed by atoms with E-state index in [2.05, 4.69) is 10.6 Å². The largest absolute Gasteiger partial charge is 0.454 e. The van der Waals surface area contributed by atoms with Crippen molar-refractivity contribution in [3.8, 4) is 0 Å². The summed E-state index contributed by atoms with van der Waals surface area (Å²) in [4.78, 5) is 23.7. The van der Waals surface area contributed by atoms with Crippen LogP contribution in [0.1, 0.15) is 16.7 Å². The highest BCUT2D eigenvalue weighted by atomic mass is 19.4. The molecule has 7 heteroatoms. The van der Waals surface area contributed by atoms with Crippen LogP contribution < -0.4 is 10.6 Å². The number of benzene rings is 2. The van der Waals surface area contributed by atoms with Crippen LogP contribution >= 0.6 is 0 Å². The monoisotopic (exact) mass is 390 g/mol. The van der Waals surface area contributed by atoms with E-state index in [1.165, 1.54) is 0 Å². The van der Waals surface area contributed by atoms with Crippen molar-refractivity contribution >= 4 is 17.4 Å². The number of halogens is 3. The average Bonchev–Trinajstić information content (AvgIpc) is 2.59. The van der Waals surface area contributed by atoms with E-state index in [-0.39, 0.29) is 6.42 Å². The Balaban J connectivity index is 2.15. The van der Waals surface area contributed by atoms with Crippen LogP contribution in [0.4, 0.5) is 18.9 Å².